The molecule has 0 bridgehead atoms. The summed E-state index contributed by atoms with van der Waals surface area (Å²) in [5.74, 6) is 0.386. The fraction of sp³-hybridized carbons (Fsp3) is 0.611. The molecular formula is C18H24ClF2NO4. The first-order valence-electron chi connectivity index (χ1n) is 8.73. The molecule has 0 saturated carbocycles. The molecule has 2 rings (SSSR count). The van der Waals surface area contributed by atoms with Gasteiger partial charge in [-0.05, 0) is 25.5 Å². The number of nitrogens with zero attached hydrogens (tertiary/aromatic N) is 1. The second kappa shape index (κ2) is 9.92. The second-order valence-electron chi connectivity index (χ2n) is 5.92. The zero-order valence-electron chi connectivity index (χ0n) is 15.0. The molecule has 26 heavy (non-hydrogen) atoms. The number of hydrogen-bond donors (Lipinski definition) is 0. The van der Waals surface area contributed by atoms with Crippen LogP contribution < -0.4 is 9.47 Å². The summed E-state index contributed by atoms with van der Waals surface area (Å²) in [6, 6.07) is 2.38. The lowest BCUT2D eigenvalue weighted by Gasteiger charge is -2.35. The normalized spacial score (nSPS) is 17.5. The predicted molar refractivity (Wildman–Crippen MR) is 94.7 cm³/mol. The number of halogens is 3. The average molecular weight is 392 g/mol. The largest absolute Gasteiger partial charge is 0.490 e. The highest BCUT2D eigenvalue weighted by molar-refractivity contribution is 6.32. The molecule has 1 aliphatic rings. The zero-order chi connectivity index (χ0) is 19.1. The van der Waals surface area contributed by atoms with Gasteiger partial charge in [-0.2, -0.15) is 0 Å². The summed E-state index contributed by atoms with van der Waals surface area (Å²) < 4.78 is 42.0. The van der Waals surface area contributed by atoms with E-state index in [0.29, 0.717) is 31.3 Å². The Balaban J connectivity index is 2.29. The maximum atomic E-state index is 12.9. The van der Waals surface area contributed by atoms with Gasteiger partial charge in [0.2, 0.25) is 6.43 Å². The molecule has 0 spiro atoms. The molecule has 8 heteroatoms. The summed E-state index contributed by atoms with van der Waals surface area (Å²) in [5, 5.41) is 0.256. The van der Waals surface area contributed by atoms with E-state index in [1.54, 1.807) is 6.07 Å². The smallest absolute Gasteiger partial charge is 0.254 e. The van der Waals surface area contributed by atoms with E-state index in [0.717, 1.165) is 6.42 Å². The molecule has 1 aliphatic heterocycles. The minimum absolute atomic E-state index is 0.0970. The van der Waals surface area contributed by atoms with Crippen LogP contribution in [0.4, 0.5) is 8.78 Å². The quantitative estimate of drug-likeness (QED) is 0.671. The molecule has 0 aliphatic carbocycles. The van der Waals surface area contributed by atoms with Gasteiger partial charge in [-0.3, -0.25) is 4.79 Å². The van der Waals surface area contributed by atoms with E-state index < -0.39 is 18.9 Å². The van der Waals surface area contributed by atoms with Gasteiger partial charge in [0.05, 0.1) is 37.5 Å². The van der Waals surface area contributed by atoms with Gasteiger partial charge in [0.25, 0.3) is 5.91 Å². The highest BCUT2D eigenvalue weighted by Crippen LogP contribution is 2.37. The van der Waals surface area contributed by atoms with Crippen molar-refractivity contribution >= 4 is 17.5 Å². The van der Waals surface area contributed by atoms with Crippen LogP contribution in [0.2, 0.25) is 5.02 Å². The molecule has 1 heterocycles. The molecule has 0 N–H and O–H groups in total. The van der Waals surface area contributed by atoms with Crippen molar-refractivity contribution in [1.29, 1.82) is 0 Å². The predicted octanol–water partition coefficient (Wildman–Crippen LogP) is 4.02. The number of carbonyl (C=O) groups is 1. The molecule has 0 aromatic heterocycles. The molecule has 5 nitrogen and oxygen atoms in total. The van der Waals surface area contributed by atoms with Gasteiger partial charge in [0.15, 0.2) is 11.5 Å². The Morgan fingerprint density at radius 2 is 2.15 bits per heavy atom. The molecule has 0 radical (unpaired) electrons. The maximum Gasteiger partial charge on any atom is 0.254 e. The fourth-order valence-corrected chi connectivity index (χ4v) is 3.05. The minimum atomic E-state index is -2.51. The SMILES string of the molecule is CCCOc1c(Cl)cc(C(=O)N2CCOCC2CC(F)F)cc1OCC. The van der Waals surface area contributed by atoms with Crippen LogP contribution >= 0.6 is 11.6 Å². The van der Waals surface area contributed by atoms with E-state index in [1.807, 2.05) is 13.8 Å². The van der Waals surface area contributed by atoms with Gasteiger partial charge in [0, 0.05) is 18.5 Å². The van der Waals surface area contributed by atoms with Crippen LogP contribution in [-0.4, -0.2) is 56.2 Å². The summed E-state index contributed by atoms with van der Waals surface area (Å²) in [6.45, 7) is 5.29. The third kappa shape index (κ3) is 5.20. The van der Waals surface area contributed by atoms with Gasteiger partial charge in [-0.25, -0.2) is 8.78 Å². The van der Waals surface area contributed by atoms with E-state index in [9.17, 15) is 13.6 Å². The topological polar surface area (TPSA) is 48.0 Å². The van der Waals surface area contributed by atoms with Crippen molar-refractivity contribution in [2.75, 3.05) is 33.0 Å². The van der Waals surface area contributed by atoms with Crippen LogP contribution in [0.1, 0.15) is 37.0 Å². The Bertz CT molecular complexity index is 615. The highest BCUT2D eigenvalue weighted by Gasteiger charge is 2.31. The molecule has 1 fully saturated rings. The lowest BCUT2D eigenvalue weighted by molar-refractivity contribution is -0.0216. The summed E-state index contributed by atoms with van der Waals surface area (Å²) in [7, 11) is 0. The van der Waals surface area contributed by atoms with Crippen LogP contribution in [0.15, 0.2) is 12.1 Å². The molecule has 1 amide bonds. The van der Waals surface area contributed by atoms with E-state index >= 15 is 0 Å². The fourth-order valence-electron chi connectivity index (χ4n) is 2.79. The van der Waals surface area contributed by atoms with Crippen molar-refractivity contribution in [2.45, 2.75) is 39.2 Å². The van der Waals surface area contributed by atoms with Gasteiger partial charge in [-0.1, -0.05) is 18.5 Å². The lowest BCUT2D eigenvalue weighted by atomic mass is 10.1. The Hall–Kier alpha value is -1.60. The molecule has 1 unspecified atom stereocenters. The number of hydrogen-bond acceptors (Lipinski definition) is 4. The van der Waals surface area contributed by atoms with Crippen molar-refractivity contribution in [3.05, 3.63) is 22.7 Å². The molecule has 1 aromatic carbocycles. The molecular weight excluding hydrogens is 368 g/mol. The monoisotopic (exact) mass is 391 g/mol. The summed E-state index contributed by atoms with van der Waals surface area (Å²) >= 11 is 6.29. The van der Waals surface area contributed by atoms with Gasteiger partial charge in [-0.15, -0.1) is 0 Å². The molecule has 1 saturated heterocycles. The summed E-state index contributed by atoms with van der Waals surface area (Å²) in [4.78, 5) is 14.3. The Kier molecular flexibility index (Phi) is 7.90. The molecule has 146 valence electrons. The van der Waals surface area contributed by atoms with Gasteiger partial charge in [0.1, 0.15) is 0 Å². The third-order valence-electron chi connectivity index (χ3n) is 3.95. The number of amides is 1. The minimum Gasteiger partial charge on any atom is -0.490 e. The second-order valence-corrected chi connectivity index (χ2v) is 6.33. The van der Waals surface area contributed by atoms with Gasteiger partial charge < -0.3 is 19.1 Å². The number of rotatable bonds is 8. The lowest BCUT2D eigenvalue weighted by Crippen LogP contribution is -2.49. The summed E-state index contributed by atoms with van der Waals surface area (Å²) in [6.07, 6.45) is -2.13. The number of carbonyl (C=O) groups excluding carboxylic acids is 1. The maximum absolute atomic E-state index is 12.9. The summed E-state index contributed by atoms with van der Waals surface area (Å²) in [5.41, 5.74) is 0.281. The van der Waals surface area contributed by atoms with Crippen molar-refractivity contribution < 1.29 is 27.8 Å². The van der Waals surface area contributed by atoms with E-state index in [4.69, 9.17) is 25.8 Å². The number of benzene rings is 1. The van der Waals surface area contributed by atoms with E-state index in [2.05, 4.69) is 0 Å². The highest BCUT2D eigenvalue weighted by atomic mass is 35.5. The first kappa shape index (κ1) is 20.7. The Morgan fingerprint density at radius 3 is 2.81 bits per heavy atom. The van der Waals surface area contributed by atoms with Crippen LogP contribution in [0.25, 0.3) is 0 Å². The Labute approximate surface area is 157 Å². The first-order valence-corrected chi connectivity index (χ1v) is 9.11. The van der Waals surface area contributed by atoms with Crippen LogP contribution in [0, 0.1) is 0 Å². The van der Waals surface area contributed by atoms with Gasteiger partial charge >= 0.3 is 0 Å². The average Bonchev–Trinajstić information content (AvgIpc) is 2.60. The van der Waals surface area contributed by atoms with Crippen LogP contribution in [-0.2, 0) is 4.74 Å². The third-order valence-corrected chi connectivity index (χ3v) is 4.23. The van der Waals surface area contributed by atoms with Crippen molar-refractivity contribution in [1.82, 2.24) is 4.90 Å². The molecule has 1 aromatic rings. The number of morpholine rings is 1. The number of alkyl halides is 2. The molecule has 1 atom stereocenters. The van der Waals surface area contributed by atoms with Crippen molar-refractivity contribution in [2.24, 2.45) is 0 Å². The van der Waals surface area contributed by atoms with Crippen LogP contribution in [0.5, 0.6) is 11.5 Å². The zero-order valence-corrected chi connectivity index (χ0v) is 15.7. The number of ether oxygens (including phenoxy) is 3. The van der Waals surface area contributed by atoms with Crippen molar-refractivity contribution in [3.8, 4) is 11.5 Å². The standard InChI is InChI=1S/C18H24ClF2NO4/c1-3-6-26-17-14(19)8-12(9-15(17)25-4-2)18(23)22-5-7-24-11-13(22)10-16(20)21/h8-9,13,16H,3-7,10-11H2,1-2H3. The van der Waals surface area contributed by atoms with E-state index in [1.165, 1.54) is 11.0 Å². The first-order chi connectivity index (χ1) is 12.5. The van der Waals surface area contributed by atoms with Crippen LogP contribution in [0.3, 0.4) is 0 Å². The Morgan fingerprint density at radius 1 is 1.38 bits per heavy atom. The van der Waals surface area contributed by atoms with E-state index in [-0.39, 0.29) is 29.6 Å². The van der Waals surface area contributed by atoms with Crippen molar-refractivity contribution in [3.63, 3.8) is 0 Å².